The molecule has 3 aromatic heterocycles. The summed E-state index contributed by atoms with van der Waals surface area (Å²) in [6.07, 6.45) is 0.726. The van der Waals surface area contributed by atoms with E-state index in [9.17, 15) is 14.4 Å². The van der Waals surface area contributed by atoms with Gasteiger partial charge < -0.3 is 15.0 Å². The van der Waals surface area contributed by atoms with Crippen molar-refractivity contribution in [2.24, 2.45) is 5.92 Å². The number of methoxy groups -OCH3 is 1. The summed E-state index contributed by atoms with van der Waals surface area (Å²) < 4.78 is 4.93. The molecule has 7 nitrogen and oxygen atoms in total. The quantitative estimate of drug-likeness (QED) is 0.433. The zero-order valence-corrected chi connectivity index (χ0v) is 21.4. The Labute approximate surface area is 199 Å². The van der Waals surface area contributed by atoms with Gasteiger partial charge in [-0.3, -0.25) is 9.59 Å². The predicted octanol–water partition coefficient (Wildman–Crippen LogP) is 4.91. The fourth-order valence-electron chi connectivity index (χ4n) is 3.26. The van der Waals surface area contributed by atoms with Gasteiger partial charge in [-0.1, -0.05) is 13.8 Å². The third-order valence-electron chi connectivity index (χ3n) is 5.05. The summed E-state index contributed by atoms with van der Waals surface area (Å²) in [7, 11) is 1.34. The van der Waals surface area contributed by atoms with Gasteiger partial charge in [-0.25, -0.2) is 9.78 Å². The van der Waals surface area contributed by atoms with Crippen LogP contribution in [0.2, 0.25) is 0 Å². The average molecular weight is 494 g/mol. The fourth-order valence-corrected chi connectivity index (χ4v) is 6.03. The van der Waals surface area contributed by atoms with Gasteiger partial charge in [0.05, 0.1) is 29.1 Å². The number of rotatable bonds is 8. The number of aryl methyl sites for hydroxylation is 2. The smallest absolute Gasteiger partial charge is 0.341 e. The molecule has 1 atom stereocenters. The molecular weight excluding hydrogens is 466 g/mol. The lowest BCUT2D eigenvalue weighted by atomic mass is 10.0. The molecule has 0 fully saturated rings. The molecule has 0 aromatic carbocycles. The molecule has 1 unspecified atom stereocenters. The highest BCUT2D eigenvalue weighted by Gasteiger charge is 2.24. The second kappa shape index (κ2) is 10.2. The number of aromatic amines is 1. The van der Waals surface area contributed by atoms with E-state index in [0.717, 1.165) is 27.3 Å². The number of hydrogen-bond donors (Lipinski definition) is 2. The lowest BCUT2D eigenvalue weighted by Crippen LogP contribution is -2.23. The molecule has 3 rings (SSSR count). The standard InChI is InChI=1S/C22H27N3O4S3/c1-10(2)7-14-8-31-20(17(14)22(28)29-6)25-18(26)13(5)30-9-15-23-19(27)16-11(3)12(4)32-21(16)24-15/h8,10,13H,7,9H2,1-6H3,(H,25,26)(H,23,24,27). The van der Waals surface area contributed by atoms with Crippen LogP contribution in [0.4, 0.5) is 5.00 Å². The molecule has 0 aliphatic rings. The summed E-state index contributed by atoms with van der Waals surface area (Å²) in [5.41, 5.74) is 2.11. The molecular formula is C22H27N3O4S3. The van der Waals surface area contributed by atoms with Gasteiger partial charge in [0.25, 0.3) is 5.56 Å². The number of esters is 1. The van der Waals surface area contributed by atoms with Crippen molar-refractivity contribution in [3.8, 4) is 0 Å². The zero-order chi connectivity index (χ0) is 23.6. The second-order valence-corrected chi connectivity index (χ2v) is 11.4. The normalized spacial score (nSPS) is 12.3. The highest BCUT2D eigenvalue weighted by atomic mass is 32.2. The molecule has 3 aromatic rings. The third-order valence-corrected chi connectivity index (χ3v) is 8.25. The van der Waals surface area contributed by atoms with Gasteiger partial charge in [-0.05, 0) is 49.6 Å². The maximum absolute atomic E-state index is 12.8. The number of ether oxygens (including phenoxy) is 1. The minimum absolute atomic E-state index is 0.149. The number of anilines is 1. The van der Waals surface area contributed by atoms with Crippen molar-refractivity contribution in [1.82, 2.24) is 9.97 Å². The van der Waals surface area contributed by atoms with Crippen LogP contribution in [0, 0.1) is 19.8 Å². The van der Waals surface area contributed by atoms with E-state index in [1.54, 1.807) is 6.92 Å². The molecule has 0 aliphatic carbocycles. The summed E-state index contributed by atoms with van der Waals surface area (Å²) in [5.74, 6) is 0.634. The number of H-pyrrole nitrogens is 1. The van der Waals surface area contributed by atoms with Gasteiger partial charge in [0.15, 0.2) is 0 Å². The summed E-state index contributed by atoms with van der Waals surface area (Å²) in [5, 5.41) is 5.50. The number of carbonyl (C=O) groups excluding carboxylic acids is 2. The van der Waals surface area contributed by atoms with Crippen molar-refractivity contribution >= 4 is 61.5 Å². The number of carbonyl (C=O) groups is 2. The van der Waals surface area contributed by atoms with Crippen LogP contribution in [-0.4, -0.2) is 34.2 Å². The van der Waals surface area contributed by atoms with Crippen LogP contribution in [-0.2, 0) is 21.7 Å². The van der Waals surface area contributed by atoms with Gasteiger partial charge in [-0.2, -0.15) is 0 Å². The Bertz CT molecular complexity index is 1210. The molecule has 2 N–H and O–H groups in total. The predicted molar refractivity (Wildman–Crippen MR) is 133 cm³/mol. The van der Waals surface area contributed by atoms with Gasteiger partial charge >= 0.3 is 5.97 Å². The Morgan fingerprint density at radius 3 is 2.66 bits per heavy atom. The maximum Gasteiger partial charge on any atom is 0.341 e. The van der Waals surface area contributed by atoms with Gasteiger partial charge in [0.2, 0.25) is 5.91 Å². The van der Waals surface area contributed by atoms with E-state index < -0.39 is 11.2 Å². The monoisotopic (exact) mass is 493 g/mol. The van der Waals surface area contributed by atoms with Crippen LogP contribution in [0.1, 0.15) is 53.0 Å². The van der Waals surface area contributed by atoms with E-state index >= 15 is 0 Å². The van der Waals surface area contributed by atoms with Crippen molar-refractivity contribution in [3.05, 3.63) is 43.1 Å². The van der Waals surface area contributed by atoms with Crippen molar-refractivity contribution in [3.63, 3.8) is 0 Å². The lowest BCUT2D eigenvalue weighted by Gasteiger charge is -2.12. The van der Waals surface area contributed by atoms with Crippen LogP contribution < -0.4 is 10.9 Å². The van der Waals surface area contributed by atoms with Crippen molar-refractivity contribution in [1.29, 1.82) is 0 Å². The molecule has 0 radical (unpaired) electrons. The minimum Gasteiger partial charge on any atom is -0.465 e. The van der Waals surface area contributed by atoms with Crippen molar-refractivity contribution < 1.29 is 14.3 Å². The molecule has 0 bridgehead atoms. The summed E-state index contributed by atoms with van der Waals surface area (Å²) in [6.45, 7) is 9.83. The molecule has 3 heterocycles. The maximum atomic E-state index is 12.8. The van der Waals surface area contributed by atoms with Crippen LogP contribution in [0.25, 0.3) is 10.2 Å². The number of aromatic nitrogens is 2. The first-order valence-corrected chi connectivity index (χ1v) is 13.0. The Hall–Kier alpha value is -2.17. The highest BCUT2D eigenvalue weighted by molar-refractivity contribution is 7.99. The van der Waals surface area contributed by atoms with E-state index in [1.807, 2.05) is 19.2 Å². The first-order chi connectivity index (χ1) is 15.1. The highest BCUT2D eigenvalue weighted by Crippen LogP contribution is 2.32. The largest absolute Gasteiger partial charge is 0.465 e. The fraction of sp³-hybridized carbons (Fsp3) is 0.455. The van der Waals surface area contributed by atoms with Crippen LogP contribution >= 0.6 is 34.4 Å². The van der Waals surface area contributed by atoms with E-state index in [0.29, 0.717) is 33.4 Å². The Morgan fingerprint density at radius 2 is 2.00 bits per heavy atom. The van der Waals surface area contributed by atoms with E-state index in [1.165, 1.54) is 41.5 Å². The number of nitrogens with zero attached hydrogens (tertiary/aromatic N) is 1. The third kappa shape index (κ3) is 5.24. The molecule has 172 valence electrons. The number of fused-ring (bicyclic) bond motifs is 1. The molecule has 0 spiro atoms. The Balaban J connectivity index is 1.71. The van der Waals surface area contributed by atoms with Crippen LogP contribution in [0.15, 0.2) is 10.2 Å². The molecule has 1 amide bonds. The average Bonchev–Trinajstić information content (AvgIpc) is 3.25. The molecule has 32 heavy (non-hydrogen) atoms. The van der Waals surface area contributed by atoms with Crippen molar-refractivity contribution in [2.45, 2.75) is 52.0 Å². The lowest BCUT2D eigenvalue weighted by molar-refractivity contribution is -0.115. The van der Waals surface area contributed by atoms with Gasteiger partial charge in [0, 0.05) is 4.88 Å². The SMILES string of the molecule is COC(=O)c1c(CC(C)C)csc1NC(=O)C(C)SCc1nc2sc(C)c(C)c2c(=O)[nH]1. The van der Waals surface area contributed by atoms with Crippen molar-refractivity contribution in [2.75, 3.05) is 12.4 Å². The number of amides is 1. The van der Waals surface area contributed by atoms with Gasteiger partial charge in [0.1, 0.15) is 15.7 Å². The van der Waals surface area contributed by atoms with Gasteiger partial charge in [-0.15, -0.1) is 34.4 Å². The minimum atomic E-state index is -0.450. The molecule has 10 heteroatoms. The summed E-state index contributed by atoms with van der Waals surface area (Å²) >= 11 is 4.20. The molecule has 0 saturated carbocycles. The number of thiophene rings is 2. The topological polar surface area (TPSA) is 101 Å². The number of hydrogen-bond acceptors (Lipinski definition) is 8. The van der Waals surface area contributed by atoms with Crippen LogP contribution in [0.5, 0.6) is 0 Å². The van der Waals surface area contributed by atoms with E-state index in [-0.39, 0.29) is 11.5 Å². The second-order valence-electron chi connectivity index (χ2n) is 7.97. The van der Waals surface area contributed by atoms with Crippen LogP contribution in [0.3, 0.4) is 0 Å². The zero-order valence-electron chi connectivity index (χ0n) is 19.0. The Morgan fingerprint density at radius 1 is 1.28 bits per heavy atom. The van der Waals surface area contributed by atoms with E-state index in [4.69, 9.17) is 4.74 Å². The van der Waals surface area contributed by atoms with E-state index in [2.05, 4.69) is 29.1 Å². The summed E-state index contributed by atoms with van der Waals surface area (Å²) in [6, 6.07) is 0. The first-order valence-electron chi connectivity index (χ1n) is 10.2. The molecule has 0 aliphatic heterocycles. The Kier molecular flexibility index (Phi) is 7.79. The first kappa shape index (κ1) is 24.5. The summed E-state index contributed by atoms with van der Waals surface area (Å²) in [4.78, 5) is 46.7. The number of thioether (sulfide) groups is 1. The molecule has 0 saturated heterocycles. The number of nitrogens with one attached hydrogen (secondary N) is 2.